The molecule has 0 saturated carbocycles. The molecule has 3 heteroatoms. The molecule has 1 unspecified atom stereocenters. The van der Waals surface area contributed by atoms with Crippen LogP contribution in [0.3, 0.4) is 0 Å². The SMILES string of the molecule is N#CC(C(=O)c1ccsc1)c1ccccc1. The zero-order chi connectivity index (χ0) is 11.4. The van der Waals surface area contributed by atoms with Gasteiger partial charge in [-0.3, -0.25) is 4.79 Å². The second kappa shape index (κ2) is 4.73. The number of nitrogens with zero attached hydrogens (tertiary/aromatic N) is 1. The first-order valence-electron chi connectivity index (χ1n) is 4.84. The van der Waals surface area contributed by atoms with Crippen molar-refractivity contribution in [1.29, 1.82) is 5.26 Å². The van der Waals surface area contributed by atoms with Crippen LogP contribution in [0.4, 0.5) is 0 Å². The van der Waals surface area contributed by atoms with E-state index in [1.807, 2.05) is 23.6 Å². The molecule has 0 aliphatic rings. The van der Waals surface area contributed by atoms with Crippen LogP contribution in [-0.4, -0.2) is 5.78 Å². The molecule has 1 atom stereocenters. The van der Waals surface area contributed by atoms with E-state index in [0.717, 1.165) is 5.56 Å². The molecule has 0 spiro atoms. The minimum Gasteiger partial charge on any atom is -0.292 e. The summed E-state index contributed by atoms with van der Waals surface area (Å²) in [6, 6.07) is 13.0. The lowest BCUT2D eigenvalue weighted by Gasteiger charge is -2.06. The molecule has 0 aliphatic heterocycles. The lowest BCUT2D eigenvalue weighted by Crippen LogP contribution is -2.10. The number of benzene rings is 1. The van der Waals surface area contributed by atoms with E-state index in [4.69, 9.17) is 5.26 Å². The fraction of sp³-hybridized carbons (Fsp3) is 0.0769. The zero-order valence-electron chi connectivity index (χ0n) is 8.46. The van der Waals surface area contributed by atoms with Gasteiger partial charge in [0.15, 0.2) is 5.78 Å². The summed E-state index contributed by atoms with van der Waals surface area (Å²) in [5.41, 5.74) is 1.36. The van der Waals surface area contributed by atoms with Crippen molar-refractivity contribution in [3.63, 3.8) is 0 Å². The van der Waals surface area contributed by atoms with Crippen LogP contribution < -0.4 is 0 Å². The Morgan fingerprint density at radius 3 is 2.56 bits per heavy atom. The maximum Gasteiger partial charge on any atom is 0.185 e. The Morgan fingerprint density at radius 1 is 1.25 bits per heavy atom. The first kappa shape index (κ1) is 10.6. The topological polar surface area (TPSA) is 40.9 Å². The Kier molecular flexibility index (Phi) is 3.13. The number of Topliss-reactive ketones (excluding diaryl/α,β-unsaturated/α-hetero) is 1. The van der Waals surface area contributed by atoms with Gasteiger partial charge in [-0.15, -0.1) is 0 Å². The Bertz CT molecular complexity index is 511. The van der Waals surface area contributed by atoms with E-state index in [-0.39, 0.29) is 5.78 Å². The molecular formula is C13H9NOS. The van der Waals surface area contributed by atoms with Crippen LogP contribution >= 0.6 is 11.3 Å². The summed E-state index contributed by atoms with van der Waals surface area (Å²) in [6.07, 6.45) is 0. The van der Waals surface area contributed by atoms with E-state index in [1.165, 1.54) is 11.3 Å². The highest BCUT2D eigenvalue weighted by atomic mass is 32.1. The van der Waals surface area contributed by atoms with Crippen LogP contribution in [0.15, 0.2) is 47.2 Å². The average Bonchev–Trinajstić information content (AvgIpc) is 2.85. The molecule has 2 rings (SSSR count). The second-order valence-electron chi connectivity index (χ2n) is 3.35. The van der Waals surface area contributed by atoms with Crippen molar-refractivity contribution in [2.24, 2.45) is 0 Å². The van der Waals surface area contributed by atoms with E-state index < -0.39 is 5.92 Å². The normalized spacial score (nSPS) is 11.7. The number of hydrogen-bond acceptors (Lipinski definition) is 3. The van der Waals surface area contributed by atoms with E-state index in [2.05, 4.69) is 6.07 Å². The predicted molar refractivity (Wildman–Crippen MR) is 63.4 cm³/mol. The molecule has 2 nitrogen and oxygen atoms in total. The van der Waals surface area contributed by atoms with Gasteiger partial charge in [-0.1, -0.05) is 30.3 Å². The number of thiophene rings is 1. The Labute approximate surface area is 97.8 Å². The van der Waals surface area contributed by atoms with Crippen LogP contribution in [-0.2, 0) is 0 Å². The molecule has 0 fully saturated rings. The smallest absolute Gasteiger partial charge is 0.185 e. The molecule has 16 heavy (non-hydrogen) atoms. The van der Waals surface area contributed by atoms with E-state index >= 15 is 0 Å². The fourth-order valence-corrected chi connectivity index (χ4v) is 2.15. The first-order valence-corrected chi connectivity index (χ1v) is 5.78. The summed E-state index contributed by atoms with van der Waals surface area (Å²) >= 11 is 1.46. The quantitative estimate of drug-likeness (QED) is 0.755. The summed E-state index contributed by atoms with van der Waals surface area (Å²) < 4.78 is 0. The van der Waals surface area contributed by atoms with E-state index in [9.17, 15) is 4.79 Å². The van der Waals surface area contributed by atoms with Crippen molar-refractivity contribution in [2.45, 2.75) is 5.92 Å². The number of hydrogen-bond donors (Lipinski definition) is 0. The van der Waals surface area contributed by atoms with Crippen LogP contribution in [0.25, 0.3) is 0 Å². The molecule has 0 amide bonds. The monoisotopic (exact) mass is 227 g/mol. The molecule has 0 saturated heterocycles. The van der Waals surface area contributed by atoms with Gasteiger partial charge in [-0.2, -0.15) is 16.6 Å². The number of rotatable bonds is 3. The molecular weight excluding hydrogens is 218 g/mol. The lowest BCUT2D eigenvalue weighted by atomic mass is 9.93. The molecule has 2 aromatic rings. The van der Waals surface area contributed by atoms with Gasteiger partial charge < -0.3 is 0 Å². The Balaban J connectivity index is 2.32. The maximum absolute atomic E-state index is 12.0. The molecule has 78 valence electrons. The average molecular weight is 227 g/mol. The van der Waals surface area contributed by atoms with Gasteiger partial charge >= 0.3 is 0 Å². The highest BCUT2D eigenvalue weighted by Gasteiger charge is 2.21. The summed E-state index contributed by atoms with van der Waals surface area (Å²) in [4.78, 5) is 12.0. The summed E-state index contributed by atoms with van der Waals surface area (Å²) in [6.45, 7) is 0. The van der Waals surface area contributed by atoms with Gasteiger partial charge in [0.2, 0.25) is 0 Å². The molecule has 1 aromatic carbocycles. The van der Waals surface area contributed by atoms with Gasteiger partial charge in [0.05, 0.1) is 6.07 Å². The zero-order valence-corrected chi connectivity index (χ0v) is 9.28. The molecule has 0 aliphatic carbocycles. The molecule has 1 heterocycles. The van der Waals surface area contributed by atoms with Crippen LogP contribution in [0.1, 0.15) is 21.8 Å². The minimum absolute atomic E-state index is 0.130. The van der Waals surface area contributed by atoms with Gasteiger partial charge in [0.1, 0.15) is 5.92 Å². The van der Waals surface area contributed by atoms with Crippen molar-refractivity contribution in [3.05, 3.63) is 58.3 Å². The highest BCUT2D eigenvalue weighted by molar-refractivity contribution is 7.08. The first-order chi connectivity index (χ1) is 7.83. The number of carbonyl (C=O) groups is 1. The van der Waals surface area contributed by atoms with Gasteiger partial charge in [-0.05, 0) is 17.0 Å². The third kappa shape index (κ3) is 2.02. The maximum atomic E-state index is 12.0. The predicted octanol–water partition coefficient (Wildman–Crippen LogP) is 3.24. The van der Waals surface area contributed by atoms with Crippen LogP contribution in [0, 0.1) is 11.3 Å². The summed E-state index contributed by atoms with van der Waals surface area (Å²) in [5.74, 6) is -0.828. The Morgan fingerprint density at radius 2 is 2.00 bits per heavy atom. The number of nitriles is 1. The van der Waals surface area contributed by atoms with Gasteiger partial charge in [0.25, 0.3) is 0 Å². The van der Waals surface area contributed by atoms with Crippen molar-refractivity contribution in [3.8, 4) is 6.07 Å². The number of carbonyl (C=O) groups excluding carboxylic acids is 1. The standard InChI is InChI=1S/C13H9NOS/c14-8-12(10-4-2-1-3-5-10)13(15)11-6-7-16-9-11/h1-7,9,12H. The van der Waals surface area contributed by atoms with Gasteiger partial charge in [-0.25, -0.2) is 0 Å². The van der Waals surface area contributed by atoms with Crippen LogP contribution in [0.5, 0.6) is 0 Å². The van der Waals surface area contributed by atoms with Crippen molar-refractivity contribution in [2.75, 3.05) is 0 Å². The van der Waals surface area contributed by atoms with Gasteiger partial charge in [0, 0.05) is 10.9 Å². The molecule has 0 radical (unpaired) electrons. The van der Waals surface area contributed by atoms with Crippen LogP contribution in [0.2, 0.25) is 0 Å². The molecule has 0 bridgehead atoms. The Hall–Kier alpha value is -1.92. The summed E-state index contributed by atoms with van der Waals surface area (Å²) in [7, 11) is 0. The fourth-order valence-electron chi connectivity index (χ4n) is 1.50. The van der Waals surface area contributed by atoms with Crippen molar-refractivity contribution in [1.82, 2.24) is 0 Å². The largest absolute Gasteiger partial charge is 0.292 e. The summed E-state index contributed by atoms with van der Waals surface area (Å²) in [5, 5.41) is 12.7. The third-order valence-corrected chi connectivity index (χ3v) is 3.01. The second-order valence-corrected chi connectivity index (χ2v) is 4.13. The molecule has 0 N–H and O–H groups in total. The minimum atomic E-state index is -0.698. The lowest BCUT2D eigenvalue weighted by molar-refractivity contribution is 0.0979. The van der Waals surface area contributed by atoms with Crippen molar-refractivity contribution < 1.29 is 4.79 Å². The van der Waals surface area contributed by atoms with Crippen molar-refractivity contribution >= 4 is 17.1 Å². The van der Waals surface area contributed by atoms with E-state index in [1.54, 1.807) is 23.6 Å². The molecule has 1 aromatic heterocycles. The van der Waals surface area contributed by atoms with E-state index in [0.29, 0.717) is 5.56 Å². The number of ketones is 1. The third-order valence-electron chi connectivity index (χ3n) is 2.33. The highest BCUT2D eigenvalue weighted by Crippen LogP contribution is 2.21.